The van der Waals surface area contributed by atoms with Gasteiger partial charge in [-0.25, -0.2) is 9.78 Å². The van der Waals surface area contributed by atoms with Crippen LogP contribution in [0.2, 0.25) is 0 Å². The fourth-order valence-electron chi connectivity index (χ4n) is 4.38. The molecule has 5 rings (SSSR count). The molecule has 0 saturated carbocycles. The lowest BCUT2D eigenvalue weighted by Gasteiger charge is -2.30. The summed E-state index contributed by atoms with van der Waals surface area (Å²) in [5.74, 6) is -0.920. The van der Waals surface area contributed by atoms with Crippen molar-refractivity contribution in [1.82, 2.24) is 24.6 Å². The summed E-state index contributed by atoms with van der Waals surface area (Å²) in [5, 5.41) is 15.4. The van der Waals surface area contributed by atoms with E-state index in [2.05, 4.69) is 28.0 Å². The van der Waals surface area contributed by atoms with Crippen molar-refractivity contribution in [3.8, 4) is 11.3 Å². The van der Waals surface area contributed by atoms with Crippen LogP contribution in [0.3, 0.4) is 0 Å². The molecule has 0 radical (unpaired) electrons. The van der Waals surface area contributed by atoms with Gasteiger partial charge in [0.25, 0.3) is 0 Å². The van der Waals surface area contributed by atoms with Gasteiger partial charge in [-0.05, 0) is 36.4 Å². The van der Waals surface area contributed by atoms with Crippen LogP contribution in [0.5, 0.6) is 0 Å². The SMILES string of the molecule is CCN1C/C(=C/c2cn(C)nc2-c2ccncc2)c2nc3ccccc3c(C(=O)O)c2C1. The molecule has 0 unspecified atom stereocenters. The van der Waals surface area contributed by atoms with Crippen LogP contribution in [0.25, 0.3) is 33.8 Å². The minimum atomic E-state index is -0.920. The predicted molar refractivity (Wildman–Crippen MR) is 124 cm³/mol. The van der Waals surface area contributed by atoms with Crippen molar-refractivity contribution in [2.45, 2.75) is 13.5 Å². The number of para-hydroxylation sites is 1. The fourth-order valence-corrected chi connectivity index (χ4v) is 4.38. The standard InChI is InChI=1S/C25H23N5O2/c1-3-30-14-18(12-17-13-29(2)28-23(17)16-8-10-26-11-9-16)24-20(15-30)22(25(31)32)19-6-4-5-7-21(19)27-24/h4-13H,3,14-15H2,1-2H3,(H,31,32)/b18-12-. The molecular formula is C25H23N5O2. The second-order valence-corrected chi connectivity index (χ2v) is 7.95. The molecule has 0 bridgehead atoms. The largest absolute Gasteiger partial charge is 0.478 e. The molecule has 160 valence electrons. The number of benzene rings is 1. The highest BCUT2D eigenvalue weighted by atomic mass is 16.4. The van der Waals surface area contributed by atoms with Gasteiger partial charge >= 0.3 is 5.97 Å². The highest BCUT2D eigenvalue weighted by Gasteiger charge is 2.28. The summed E-state index contributed by atoms with van der Waals surface area (Å²) in [4.78, 5) is 23.6. The van der Waals surface area contributed by atoms with Crippen LogP contribution in [0.15, 0.2) is 55.0 Å². The van der Waals surface area contributed by atoms with Crippen molar-refractivity contribution in [2.24, 2.45) is 7.05 Å². The van der Waals surface area contributed by atoms with Gasteiger partial charge in [0.2, 0.25) is 0 Å². The molecule has 7 nitrogen and oxygen atoms in total. The number of fused-ring (bicyclic) bond motifs is 2. The van der Waals surface area contributed by atoms with Gasteiger partial charge in [0.1, 0.15) is 0 Å². The highest BCUT2D eigenvalue weighted by Crippen LogP contribution is 2.35. The first-order valence-corrected chi connectivity index (χ1v) is 10.6. The molecule has 0 fully saturated rings. The number of rotatable bonds is 4. The molecule has 0 spiro atoms. The van der Waals surface area contributed by atoms with Gasteiger partial charge in [-0.15, -0.1) is 0 Å². The lowest BCUT2D eigenvalue weighted by atomic mass is 9.92. The van der Waals surface area contributed by atoms with Crippen LogP contribution in [0.1, 0.15) is 34.1 Å². The molecule has 0 aliphatic carbocycles. The third kappa shape index (κ3) is 3.46. The Hall–Kier alpha value is -3.84. The molecule has 0 saturated heterocycles. The van der Waals surface area contributed by atoms with Crippen LogP contribution in [-0.4, -0.2) is 48.8 Å². The summed E-state index contributed by atoms with van der Waals surface area (Å²) in [6.07, 6.45) is 7.58. The molecule has 3 aromatic heterocycles. The van der Waals surface area contributed by atoms with E-state index in [1.165, 1.54) is 0 Å². The average molecular weight is 425 g/mol. The molecule has 0 atom stereocenters. The molecular weight excluding hydrogens is 402 g/mol. The Balaban J connectivity index is 1.75. The predicted octanol–water partition coefficient (Wildman–Crippen LogP) is 4.10. The van der Waals surface area contributed by atoms with E-state index in [1.54, 1.807) is 17.1 Å². The molecule has 1 aliphatic rings. The fraction of sp³-hybridized carbons (Fsp3) is 0.200. The summed E-state index contributed by atoms with van der Waals surface area (Å²) < 4.78 is 1.79. The van der Waals surface area contributed by atoms with Gasteiger partial charge in [-0.1, -0.05) is 25.1 Å². The monoisotopic (exact) mass is 425 g/mol. The number of carbonyl (C=O) groups is 1. The molecule has 4 heterocycles. The van der Waals surface area contributed by atoms with Gasteiger partial charge < -0.3 is 5.11 Å². The number of likely N-dealkylation sites (N-methyl/N-ethyl adjacent to an activating group) is 1. The maximum atomic E-state index is 12.3. The Bertz CT molecular complexity index is 1360. The first-order valence-electron chi connectivity index (χ1n) is 10.6. The zero-order chi connectivity index (χ0) is 22.2. The average Bonchev–Trinajstić information content (AvgIpc) is 3.17. The van der Waals surface area contributed by atoms with Gasteiger partial charge in [-0.2, -0.15) is 5.10 Å². The van der Waals surface area contributed by atoms with Gasteiger partial charge in [0.15, 0.2) is 0 Å². The van der Waals surface area contributed by atoms with Crippen LogP contribution in [0.4, 0.5) is 0 Å². The number of carboxylic acid groups (broad SMARTS) is 1. The van der Waals surface area contributed by atoms with E-state index in [-0.39, 0.29) is 0 Å². The van der Waals surface area contributed by atoms with Gasteiger partial charge in [0, 0.05) is 60.8 Å². The second kappa shape index (κ2) is 8.01. The van der Waals surface area contributed by atoms with Crippen molar-refractivity contribution in [2.75, 3.05) is 13.1 Å². The Morgan fingerprint density at radius 1 is 1.12 bits per heavy atom. The third-order valence-corrected chi connectivity index (χ3v) is 5.87. The van der Waals surface area contributed by atoms with E-state index in [9.17, 15) is 9.90 Å². The Labute approximate surface area is 185 Å². The molecule has 1 aromatic carbocycles. The van der Waals surface area contributed by atoms with Crippen molar-refractivity contribution in [3.63, 3.8) is 0 Å². The van der Waals surface area contributed by atoms with E-state index in [1.807, 2.05) is 49.6 Å². The minimum absolute atomic E-state index is 0.343. The van der Waals surface area contributed by atoms with Gasteiger partial charge in [0.05, 0.1) is 22.5 Å². The highest BCUT2D eigenvalue weighted by molar-refractivity contribution is 6.06. The number of pyridine rings is 2. The van der Waals surface area contributed by atoms with E-state index >= 15 is 0 Å². The number of hydrogen-bond donors (Lipinski definition) is 1. The number of nitrogens with zero attached hydrogens (tertiary/aromatic N) is 5. The molecule has 7 heteroatoms. The third-order valence-electron chi connectivity index (χ3n) is 5.87. The normalized spacial score (nSPS) is 15.2. The minimum Gasteiger partial charge on any atom is -0.478 e. The lowest BCUT2D eigenvalue weighted by Crippen LogP contribution is -2.31. The van der Waals surface area contributed by atoms with Crippen LogP contribution in [-0.2, 0) is 13.6 Å². The van der Waals surface area contributed by atoms with E-state index in [0.29, 0.717) is 29.6 Å². The lowest BCUT2D eigenvalue weighted by molar-refractivity contribution is 0.0696. The molecule has 1 aliphatic heterocycles. The molecule has 4 aromatic rings. The van der Waals surface area contributed by atoms with E-state index < -0.39 is 5.97 Å². The second-order valence-electron chi connectivity index (χ2n) is 7.95. The van der Waals surface area contributed by atoms with Crippen LogP contribution in [0, 0.1) is 0 Å². The zero-order valence-electron chi connectivity index (χ0n) is 18.0. The van der Waals surface area contributed by atoms with Crippen molar-refractivity contribution in [3.05, 3.63) is 77.4 Å². The number of carboxylic acids is 1. The van der Waals surface area contributed by atoms with Crippen molar-refractivity contribution < 1.29 is 9.90 Å². The Kier molecular flexibility index (Phi) is 5.03. The quantitative estimate of drug-likeness (QED) is 0.530. The van der Waals surface area contributed by atoms with E-state index in [0.717, 1.165) is 40.2 Å². The summed E-state index contributed by atoms with van der Waals surface area (Å²) in [6.45, 7) is 4.16. The van der Waals surface area contributed by atoms with Crippen molar-refractivity contribution >= 4 is 28.5 Å². The number of aryl methyl sites for hydroxylation is 1. The first kappa shape index (κ1) is 20.1. The number of aromatic carboxylic acids is 1. The maximum Gasteiger partial charge on any atom is 0.336 e. The van der Waals surface area contributed by atoms with Crippen molar-refractivity contribution in [1.29, 1.82) is 0 Å². The van der Waals surface area contributed by atoms with Crippen LogP contribution < -0.4 is 0 Å². The summed E-state index contributed by atoms with van der Waals surface area (Å²) >= 11 is 0. The zero-order valence-corrected chi connectivity index (χ0v) is 18.0. The molecule has 0 amide bonds. The number of hydrogen-bond acceptors (Lipinski definition) is 5. The summed E-state index contributed by atoms with van der Waals surface area (Å²) in [5.41, 5.74) is 6.36. The van der Waals surface area contributed by atoms with Crippen LogP contribution >= 0.6 is 0 Å². The topological polar surface area (TPSA) is 84.1 Å². The molecule has 1 N–H and O–H groups in total. The Morgan fingerprint density at radius 2 is 1.91 bits per heavy atom. The number of aromatic nitrogens is 4. The Morgan fingerprint density at radius 3 is 2.66 bits per heavy atom. The summed E-state index contributed by atoms with van der Waals surface area (Å²) in [6, 6.07) is 11.3. The summed E-state index contributed by atoms with van der Waals surface area (Å²) in [7, 11) is 1.90. The molecule has 32 heavy (non-hydrogen) atoms. The van der Waals surface area contributed by atoms with Gasteiger partial charge in [-0.3, -0.25) is 14.6 Å². The smallest absolute Gasteiger partial charge is 0.336 e. The first-order chi connectivity index (χ1) is 15.5. The maximum absolute atomic E-state index is 12.3. The van der Waals surface area contributed by atoms with E-state index in [4.69, 9.17) is 4.98 Å².